The third-order valence-electron chi connectivity index (χ3n) is 6.20. The van der Waals surface area contributed by atoms with E-state index in [1.807, 2.05) is 99.6 Å². The van der Waals surface area contributed by atoms with E-state index in [-0.39, 0.29) is 24.3 Å². The van der Waals surface area contributed by atoms with E-state index < -0.39 is 6.04 Å². The van der Waals surface area contributed by atoms with Crippen molar-refractivity contribution in [3.05, 3.63) is 101 Å². The number of nitrogens with one attached hydrogen (secondary N) is 1. The number of methoxy groups -OCH3 is 1. The number of ether oxygens (including phenoxy) is 1. The van der Waals surface area contributed by atoms with Gasteiger partial charge in [0.05, 0.1) is 13.5 Å². The normalized spacial score (nSPS) is 12.5. The maximum atomic E-state index is 13.8. The maximum absolute atomic E-state index is 13.8. The minimum atomic E-state index is -0.644. The van der Waals surface area contributed by atoms with Gasteiger partial charge in [-0.2, -0.15) is 0 Å². The van der Waals surface area contributed by atoms with Gasteiger partial charge in [-0.05, 0) is 49.1 Å². The van der Waals surface area contributed by atoms with Crippen LogP contribution in [0.4, 0.5) is 0 Å². The summed E-state index contributed by atoms with van der Waals surface area (Å²) in [5.74, 6) is 0.500. The second-order valence-electron chi connectivity index (χ2n) is 9.06. The first-order valence-electron chi connectivity index (χ1n) is 12.2. The van der Waals surface area contributed by atoms with Gasteiger partial charge in [-0.3, -0.25) is 9.59 Å². The zero-order valence-electron chi connectivity index (χ0n) is 21.2. The Morgan fingerprint density at radius 1 is 0.914 bits per heavy atom. The van der Waals surface area contributed by atoms with E-state index in [0.29, 0.717) is 13.0 Å². The first-order chi connectivity index (χ1) is 16.9. The third kappa shape index (κ3) is 7.71. The lowest BCUT2D eigenvalue weighted by atomic mass is 10.0. The number of rotatable bonds is 11. The van der Waals surface area contributed by atoms with Crippen LogP contribution >= 0.6 is 0 Å². The molecule has 5 nitrogen and oxygen atoms in total. The number of carbonyl (C=O) groups is 2. The first-order valence-corrected chi connectivity index (χ1v) is 12.2. The largest absolute Gasteiger partial charge is 0.497 e. The second-order valence-corrected chi connectivity index (χ2v) is 9.06. The molecule has 0 aromatic heterocycles. The van der Waals surface area contributed by atoms with E-state index in [1.54, 1.807) is 12.0 Å². The van der Waals surface area contributed by atoms with Crippen molar-refractivity contribution in [2.24, 2.45) is 0 Å². The van der Waals surface area contributed by atoms with Crippen molar-refractivity contribution in [1.82, 2.24) is 10.2 Å². The number of hydrogen-bond donors (Lipinski definition) is 1. The lowest BCUT2D eigenvalue weighted by molar-refractivity contribution is -0.141. The highest BCUT2D eigenvalue weighted by molar-refractivity contribution is 5.89. The average Bonchev–Trinajstić information content (AvgIpc) is 2.86. The summed E-state index contributed by atoms with van der Waals surface area (Å²) in [6, 6.07) is 24.9. The smallest absolute Gasteiger partial charge is 0.243 e. The topological polar surface area (TPSA) is 58.6 Å². The van der Waals surface area contributed by atoms with Gasteiger partial charge in [0.2, 0.25) is 11.8 Å². The van der Waals surface area contributed by atoms with Gasteiger partial charge in [0.25, 0.3) is 0 Å². The van der Waals surface area contributed by atoms with Crippen molar-refractivity contribution in [3.8, 4) is 5.75 Å². The third-order valence-corrected chi connectivity index (χ3v) is 6.20. The molecule has 35 heavy (non-hydrogen) atoms. The van der Waals surface area contributed by atoms with Crippen molar-refractivity contribution in [2.75, 3.05) is 7.11 Å². The molecule has 0 spiro atoms. The molecule has 3 aromatic carbocycles. The monoisotopic (exact) mass is 472 g/mol. The molecule has 2 amide bonds. The summed E-state index contributed by atoms with van der Waals surface area (Å²) < 4.78 is 5.39. The molecule has 0 bridgehead atoms. The Labute approximate surface area is 209 Å². The molecule has 184 valence electrons. The molecular weight excluding hydrogens is 436 g/mol. The Morgan fingerprint density at radius 2 is 1.60 bits per heavy atom. The van der Waals surface area contributed by atoms with Gasteiger partial charge in [-0.25, -0.2) is 0 Å². The minimum absolute atomic E-state index is 0.0197. The summed E-state index contributed by atoms with van der Waals surface area (Å²) in [7, 11) is 1.62. The molecule has 0 aliphatic heterocycles. The van der Waals surface area contributed by atoms with Gasteiger partial charge in [0.1, 0.15) is 11.8 Å². The summed E-state index contributed by atoms with van der Waals surface area (Å²) in [6.45, 7) is 6.35. The molecule has 0 saturated carbocycles. The van der Waals surface area contributed by atoms with Crippen LogP contribution in [-0.2, 0) is 29.0 Å². The second kappa shape index (κ2) is 12.7. The number of hydrogen-bond acceptors (Lipinski definition) is 3. The molecule has 3 aromatic rings. The van der Waals surface area contributed by atoms with Crippen LogP contribution in [-0.4, -0.2) is 35.9 Å². The van der Waals surface area contributed by atoms with Crippen LogP contribution < -0.4 is 10.1 Å². The molecule has 0 unspecified atom stereocenters. The van der Waals surface area contributed by atoms with Gasteiger partial charge in [-0.1, -0.05) is 79.2 Å². The Hall–Kier alpha value is -3.60. The van der Waals surface area contributed by atoms with Gasteiger partial charge in [0.15, 0.2) is 0 Å². The highest BCUT2D eigenvalue weighted by Crippen LogP contribution is 2.20. The van der Waals surface area contributed by atoms with Crippen LogP contribution in [0.25, 0.3) is 0 Å². The molecule has 0 heterocycles. The highest BCUT2D eigenvalue weighted by atomic mass is 16.5. The van der Waals surface area contributed by atoms with E-state index in [1.165, 1.54) is 0 Å². The molecule has 3 rings (SSSR count). The number of aryl methyl sites for hydroxylation is 1. The van der Waals surface area contributed by atoms with Crippen molar-refractivity contribution in [2.45, 2.75) is 58.7 Å². The standard InChI is InChI=1S/C30H36N2O3/c1-5-23(3)31-30(34)28(19-24-12-7-6-8-13-24)32(21-26-15-10-16-27(18-26)35-4)29(33)20-25-14-9-11-22(2)17-25/h6-18,23,28H,5,19-21H2,1-4H3,(H,31,34)/t23-,28-/m0/s1. The lowest BCUT2D eigenvalue weighted by Gasteiger charge is -2.32. The minimum Gasteiger partial charge on any atom is -0.497 e. The zero-order valence-corrected chi connectivity index (χ0v) is 21.2. The maximum Gasteiger partial charge on any atom is 0.243 e. The van der Waals surface area contributed by atoms with E-state index in [4.69, 9.17) is 4.74 Å². The van der Waals surface area contributed by atoms with Gasteiger partial charge >= 0.3 is 0 Å². The van der Waals surface area contributed by atoms with E-state index in [9.17, 15) is 9.59 Å². The van der Waals surface area contributed by atoms with Crippen LogP contribution in [0, 0.1) is 6.92 Å². The first kappa shape index (κ1) is 26.0. The summed E-state index contributed by atoms with van der Waals surface area (Å²) >= 11 is 0. The summed E-state index contributed by atoms with van der Waals surface area (Å²) in [6.07, 6.45) is 1.48. The van der Waals surface area contributed by atoms with Crippen LogP contribution in [0.3, 0.4) is 0 Å². The molecule has 2 atom stereocenters. The van der Waals surface area contributed by atoms with Crippen LogP contribution in [0.1, 0.15) is 42.5 Å². The zero-order chi connectivity index (χ0) is 25.2. The Morgan fingerprint density at radius 3 is 2.29 bits per heavy atom. The fourth-order valence-corrected chi connectivity index (χ4v) is 4.06. The lowest BCUT2D eigenvalue weighted by Crippen LogP contribution is -2.52. The highest BCUT2D eigenvalue weighted by Gasteiger charge is 2.31. The average molecular weight is 473 g/mol. The number of carbonyl (C=O) groups excluding carboxylic acids is 2. The van der Waals surface area contributed by atoms with E-state index in [0.717, 1.165) is 34.4 Å². The van der Waals surface area contributed by atoms with Crippen LogP contribution in [0.5, 0.6) is 5.75 Å². The van der Waals surface area contributed by atoms with E-state index >= 15 is 0 Å². The van der Waals surface area contributed by atoms with Crippen LogP contribution in [0.2, 0.25) is 0 Å². The molecule has 5 heteroatoms. The fraction of sp³-hybridized carbons (Fsp3) is 0.333. The predicted molar refractivity (Wildman–Crippen MR) is 140 cm³/mol. The van der Waals surface area contributed by atoms with Gasteiger partial charge in [-0.15, -0.1) is 0 Å². The van der Waals surface area contributed by atoms with Crippen molar-refractivity contribution in [3.63, 3.8) is 0 Å². The molecule has 1 N–H and O–H groups in total. The molecule has 0 radical (unpaired) electrons. The number of benzene rings is 3. The quantitative estimate of drug-likeness (QED) is 0.422. The van der Waals surface area contributed by atoms with E-state index in [2.05, 4.69) is 5.32 Å². The Balaban J connectivity index is 1.98. The van der Waals surface area contributed by atoms with Crippen molar-refractivity contribution >= 4 is 11.8 Å². The predicted octanol–water partition coefficient (Wildman–Crippen LogP) is 5.10. The SMILES string of the molecule is CC[C@H](C)NC(=O)[C@H](Cc1ccccc1)N(Cc1cccc(OC)c1)C(=O)Cc1cccc(C)c1. The fourth-order valence-electron chi connectivity index (χ4n) is 4.06. The van der Waals surface area contributed by atoms with Crippen molar-refractivity contribution < 1.29 is 14.3 Å². The summed E-state index contributed by atoms with van der Waals surface area (Å²) in [4.78, 5) is 29.1. The summed E-state index contributed by atoms with van der Waals surface area (Å²) in [5, 5.41) is 3.11. The molecule has 0 saturated heterocycles. The molecular formula is C30H36N2O3. The molecule has 0 fully saturated rings. The molecule has 0 aliphatic carbocycles. The Kier molecular flexibility index (Phi) is 9.47. The number of amides is 2. The summed E-state index contributed by atoms with van der Waals surface area (Å²) in [5.41, 5.74) is 3.96. The van der Waals surface area contributed by atoms with Crippen molar-refractivity contribution in [1.29, 1.82) is 0 Å². The molecule has 0 aliphatic rings. The Bertz CT molecular complexity index is 1110. The van der Waals surface area contributed by atoms with Crippen LogP contribution in [0.15, 0.2) is 78.9 Å². The number of nitrogens with zero attached hydrogens (tertiary/aromatic N) is 1. The van der Waals surface area contributed by atoms with Gasteiger partial charge in [0, 0.05) is 19.0 Å². The van der Waals surface area contributed by atoms with Gasteiger partial charge < -0.3 is 15.0 Å².